The van der Waals surface area contributed by atoms with E-state index in [0.29, 0.717) is 11.3 Å². The number of benzene rings is 3. The van der Waals surface area contributed by atoms with E-state index in [1.165, 1.54) is 10.4 Å². The fourth-order valence-corrected chi connectivity index (χ4v) is 6.02. The number of morpholine rings is 1. The molecule has 1 fully saturated rings. The molecule has 1 aromatic heterocycles. The summed E-state index contributed by atoms with van der Waals surface area (Å²) in [5.41, 5.74) is 2.68. The van der Waals surface area contributed by atoms with Crippen molar-refractivity contribution in [3.05, 3.63) is 82.5 Å². The Hall–Kier alpha value is -3.08. The van der Waals surface area contributed by atoms with E-state index in [2.05, 4.69) is 9.97 Å². The van der Waals surface area contributed by atoms with Gasteiger partial charge in [0.15, 0.2) is 0 Å². The summed E-state index contributed by atoms with van der Waals surface area (Å²) in [4.78, 5) is 21.8. The molecule has 11 heteroatoms. The average molecular weight is 544 g/mol. The van der Waals surface area contributed by atoms with Gasteiger partial charge in [0.25, 0.3) is 0 Å². The van der Waals surface area contributed by atoms with Crippen LogP contribution in [-0.2, 0) is 14.8 Å². The molecule has 0 aliphatic carbocycles. The van der Waals surface area contributed by atoms with Gasteiger partial charge in [-0.2, -0.15) is 4.31 Å². The van der Waals surface area contributed by atoms with Crippen LogP contribution in [0.5, 0.6) is 5.75 Å². The van der Waals surface area contributed by atoms with E-state index >= 15 is 0 Å². The molecule has 1 aliphatic rings. The highest BCUT2D eigenvalue weighted by Gasteiger charge is 2.30. The van der Waals surface area contributed by atoms with Gasteiger partial charge in [0, 0.05) is 18.7 Å². The monoisotopic (exact) mass is 543 g/mol. The molecule has 0 unspecified atom stereocenters. The molecule has 0 amide bonds. The van der Waals surface area contributed by atoms with Crippen molar-refractivity contribution in [3.8, 4) is 17.0 Å². The number of esters is 1. The molecule has 0 bridgehead atoms. The van der Waals surface area contributed by atoms with Gasteiger partial charge in [-0.15, -0.1) is 0 Å². The number of nitrogens with zero attached hydrogens (tertiary/aromatic N) is 3. The lowest BCUT2D eigenvalue weighted by molar-refractivity contribution is 0.0727. The number of ether oxygens (including phenoxy) is 2. The van der Waals surface area contributed by atoms with Crippen LogP contribution >= 0.6 is 23.2 Å². The van der Waals surface area contributed by atoms with Gasteiger partial charge in [0.05, 0.1) is 51.7 Å². The molecule has 0 atom stereocenters. The minimum atomic E-state index is -3.96. The standard InChI is InChI=1S/C25H19Cl2N3O5S/c26-19-14-20(27)24(36(32,33)30-8-10-34-11-9-30)13-18(19)25(31)35-17-5-3-4-16(12-17)23-15-28-21-6-1-2-7-22(21)29-23/h1-7,12-15H,8-11H2. The van der Waals surface area contributed by atoms with Crippen LogP contribution in [0, 0.1) is 0 Å². The third-order valence-electron chi connectivity index (χ3n) is 5.62. The van der Waals surface area contributed by atoms with Crippen molar-refractivity contribution in [1.29, 1.82) is 0 Å². The zero-order valence-corrected chi connectivity index (χ0v) is 21.1. The van der Waals surface area contributed by atoms with Crippen molar-refractivity contribution in [3.63, 3.8) is 0 Å². The van der Waals surface area contributed by atoms with Gasteiger partial charge in [-0.25, -0.2) is 18.2 Å². The van der Waals surface area contributed by atoms with Crippen LogP contribution in [0.1, 0.15) is 10.4 Å². The molecular formula is C25H19Cl2N3O5S. The summed E-state index contributed by atoms with van der Waals surface area (Å²) in [5, 5.41) is -0.109. The molecule has 0 radical (unpaired) electrons. The number of rotatable bonds is 5. The fraction of sp³-hybridized carbons (Fsp3) is 0.160. The first-order chi connectivity index (χ1) is 17.3. The third-order valence-corrected chi connectivity index (χ3v) is 8.29. The molecular weight excluding hydrogens is 525 g/mol. The Balaban J connectivity index is 1.43. The van der Waals surface area contributed by atoms with E-state index in [0.717, 1.165) is 17.1 Å². The number of sulfonamides is 1. The maximum atomic E-state index is 13.1. The summed E-state index contributed by atoms with van der Waals surface area (Å²) in [6.07, 6.45) is 1.64. The van der Waals surface area contributed by atoms with Crippen LogP contribution < -0.4 is 4.74 Å². The van der Waals surface area contributed by atoms with Crippen LogP contribution in [0.4, 0.5) is 0 Å². The fourth-order valence-electron chi connectivity index (χ4n) is 3.79. The molecule has 2 heterocycles. The molecule has 184 valence electrons. The second-order valence-corrected chi connectivity index (χ2v) is 10.7. The molecule has 4 aromatic rings. The quantitative estimate of drug-likeness (QED) is 0.262. The highest BCUT2D eigenvalue weighted by atomic mass is 35.5. The maximum Gasteiger partial charge on any atom is 0.345 e. The number of aromatic nitrogens is 2. The molecule has 1 saturated heterocycles. The lowest BCUT2D eigenvalue weighted by Gasteiger charge is -2.26. The maximum absolute atomic E-state index is 13.1. The summed E-state index contributed by atoms with van der Waals surface area (Å²) >= 11 is 12.5. The third kappa shape index (κ3) is 4.93. The van der Waals surface area contributed by atoms with E-state index in [1.807, 2.05) is 30.3 Å². The number of hydrogen-bond acceptors (Lipinski definition) is 7. The van der Waals surface area contributed by atoms with Crippen LogP contribution in [0.2, 0.25) is 10.0 Å². The van der Waals surface area contributed by atoms with E-state index in [-0.39, 0.29) is 52.6 Å². The van der Waals surface area contributed by atoms with Crippen LogP contribution in [0.15, 0.2) is 71.8 Å². The molecule has 0 spiro atoms. The zero-order chi connectivity index (χ0) is 25.3. The van der Waals surface area contributed by atoms with Gasteiger partial charge in [-0.1, -0.05) is 47.5 Å². The van der Waals surface area contributed by atoms with Crippen molar-refractivity contribution in [2.24, 2.45) is 0 Å². The normalized spacial score (nSPS) is 14.6. The number of carbonyl (C=O) groups is 1. The Morgan fingerprint density at radius 3 is 2.47 bits per heavy atom. The molecule has 8 nitrogen and oxygen atoms in total. The number of carbonyl (C=O) groups excluding carboxylic acids is 1. The average Bonchev–Trinajstić information content (AvgIpc) is 2.89. The molecule has 0 saturated carbocycles. The van der Waals surface area contributed by atoms with Crippen molar-refractivity contribution in [1.82, 2.24) is 14.3 Å². The first kappa shape index (κ1) is 24.6. The van der Waals surface area contributed by atoms with Gasteiger partial charge in [0.1, 0.15) is 10.6 Å². The number of halogens is 2. The summed E-state index contributed by atoms with van der Waals surface area (Å²) in [6.45, 7) is 0.922. The minimum Gasteiger partial charge on any atom is -0.423 e. The number of fused-ring (bicyclic) bond motifs is 1. The topological polar surface area (TPSA) is 98.7 Å². The van der Waals surface area contributed by atoms with Crippen molar-refractivity contribution < 1.29 is 22.7 Å². The smallest absolute Gasteiger partial charge is 0.345 e. The summed E-state index contributed by atoms with van der Waals surface area (Å²) in [5.74, 6) is -0.590. The Morgan fingerprint density at radius 1 is 0.944 bits per heavy atom. The van der Waals surface area contributed by atoms with Crippen LogP contribution in [-0.4, -0.2) is 55.0 Å². The predicted octanol–water partition coefficient (Wildman–Crippen LogP) is 4.84. The SMILES string of the molecule is O=C(Oc1cccc(-c2cnc3ccccc3n2)c1)c1cc(S(=O)(=O)N2CCOCC2)c(Cl)cc1Cl. The molecule has 1 aliphatic heterocycles. The second kappa shape index (κ2) is 10.1. The van der Waals surface area contributed by atoms with E-state index in [9.17, 15) is 13.2 Å². The van der Waals surface area contributed by atoms with Crippen molar-refractivity contribution >= 4 is 50.2 Å². The van der Waals surface area contributed by atoms with Gasteiger partial charge >= 0.3 is 5.97 Å². The van der Waals surface area contributed by atoms with Crippen molar-refractivity contribution in [2.75, 3.05) is 26.3 Å². The molecule has 3 aromatic carbocycles. The van der Waals surface area contributed by atoms with Gasteiger partial charge < -0.3 is 9.47 Å². The van der Waals surface area contributed by atoms with E-state index in [4.69, 9.17) is 32.7 Å². The largest absolute Gasteiger partial charge is 0.423 e. The lowest BCUT2D eigenvalue weighted by atomic mass is 10.1. The molecule has 36 heavy (non-hydrogen) atoms. The number of hydrogen-bond donors (Lipinski definition) is 0. The van der Waals surface area contributed by atoms with E-state index in [1.54, 1.807) is 24.4 Å². The van der Waals surface area contributed by atoms with Crippen LogP contribution in [0.25, 0.3) is 22.3 Å². The van der Waals surface area contributed by atoms with Gasteiger partial charge in [-0.3, -0.25) is 4.98 Å². The Labute approximate surface area is 217 Å². The minimum absolute atomic E-state index is 0.0255. The summed E-state index contributed by atoms with van der Waals surface area (Å²) in [6, 6.07) is 16.7. The summed E-state index contributed by atoms with van der Waals surface area (Å²) in [7, 11) is -3.96. The summed E-state index contributed by atoms with van der Waals surface area (Å²) < 4.78 is 38.3. The number of para-hydroxylation sites is 2. The second-order valence-electron chi connectivity index (χ2n) is 7.94. The Kier molecular flexibility index (Phi) is 6.92. The molecule has 0 N–H and O–H groups in total. The first-order valence-corrected chi connectivity index (χ1v) is 13.1. The van der Waals surface area contributed by atoms with E-state index < -0.39 is 16.0 Å². The zero-order valence-electron chi connectivity index (χ0n) is 18.7. The lowest BCUT2D eigenvalue weighted by Crippen LogP contribution is -2.40. The predicted molar refractivity (Wildman–Crippen MR) is 136 cm³/mol. The highest BCUT2D eigenvalue weighted by molar-refractivity contribution is 7.89. The van der Waals surface area contributed by atoms with Gasteiger partial charge in [0.2, 0.25) is 10.0 Å². The Morgan fingerprint density at radius 2 is 1.69 bits per heavy atom. The first-order valence-electron chi connectivity index (χ1n) is 10.9. The highest BCUT2D eigenvalue weighted by Crippen LogP contribution is 2.32. The van der Waals surface area contributed by atoms with Gasteiger partial charge in [-0.05, 0) is 36.4 Å². The Bertz CT molecular complexity index is 1570. The van der Waals surface area contributed by atoms with Crippen molar-refractivity contribution in [2.45, 2.75) is 4.90 Å². The van der Waals surface area contributed by atoms with Crippen LogP contribution in [0.3, 0.4) is 0 Å². The molecule has 5 rings (SSSR count).